The lowest BCUT2D eigenvalue weighted by Gasteiger charge is -2.26. The number of aryl methyl sites for hydroxylation is 1. The Morgan fingerprint density at radius 2 is 2.20 bits per heavy atom. The molecule has 3 rings (SSSR count). The fraction of sp³-hybridized carbons (Fsp3) is 0.750. The third kappa shape index (κ3) is 1.83. The monoisotopic (exact) mass is 222 g/mol. The average molecular weight is 222 g/mol. The standard InChI is InChI=1S/C12H18N2S/c1-8-12(10-3-2-4-10)14-11(15-8)5-9-6-13-7-9/h9-10,13H,2-7H2,1H3. The van der Waals surface area contributed by atoms with Crippen molar-refractivity contribution in [2.24, 2.45) is 5.92 Å². The largest absolute Gasteiger partial charge is 0.316 e. The molecule has 1 aliphatic heterocycles. The molecule has 0 spiro atoms. The van der Waals surface area contributed by atoms with Crippen LogP contribution in [-0.4, -0.2) is 18.1 Å². The minimum atomic E-state index is 0.800. The molecule has 2 heterocycles. The zero-order chi connectivity index (χ0) is 10.3. The van der Waals surface area contributed by atoms with E-state index in [4.69, 9.17) is 4.98 Å². The summed E-state index contributed by atoms with van der Waals surface area (Å²) in [6.07, 6.45) is 5.35. The molecule has 0 bridgehead atoms. The van der Waals surface area contributed by atoms with E-state index in [1.54, 1.807) is 0 Å². The predicted octanol–water partition coefficient (Wildman–Crippen LogP) is 2.48. The van der Waals surface area contributed by atoms with Gasteiger partial charge in [-0.3, -0.25) is 0 Å². The lowest BCUT2D eigenvalue weighted by molar-refractivity contribution is 0.345. The van der Waals surface area contributed by atoms with Crippen molar-refractivity contribution in [3.8, 4) is 0 Å². The van der Waals surface area contributed by atoms with Crippen LogP contribution >= 0.6 is 11.3 Å². The first-order chi connectivity index (χ1) is 7.33. The maximum atomic E-state index is 4.84. The van der Waals surface area contributed by atoms with Crippen molar-refractivity contribution in [3.05, 3.63) is 15.6 Å². The highest BCUT2D eigenvalue weighted by Crippen LogP contribution is 2.39. The Morgan fingerprint density at radius 3 is 2.73 bits per heavy atom. The highest BCUT2D eigenvalue weighted by Gasteiger charge is 2.25. The van der Waals surface area contributed by atoms with Gasteiger partial charge in [0.05, 0.1) is 10.7 Å². The van der Waals surface area contributed by atoms with Crippen LogP contribution in [0.1, 0.15) is 40.8 Å². The Labute approximate surface area is 95.1 Å². The van der Waals surface area contributed by atoms with Gasteiger partial charge in [-0.1, -0.05) is 6.42 Å². The third-order valence-corrected chi connectivity index (χ3v) is 4.71. The molecule has 1 aromatic rings. The van der Waals surface area contributed by atoms with Crippen molar-refractivity contribution in [1.29, 1.82) is 0 Å². The summed E-state index contributed by atoms with van der Waals surface area (Å²) in [6, 6.07) is 0. The normalized spacial score (nSPS) is 22.5. The van der Waals surface area contributed by atoms with Crippen molar-refractivity contribution in [3.63, 3.8) is 0 Å². The van der Waals surface area contributed by atoms with Gasteiger partial charge in [-0.05, 0) is 38.8 Å². The van der Waals surface area contributed by atoms with Gasteiger partial charge < -0.3 is 5.32 Å². The molecule has 3 heteroatoms. The number of aromatic nitrogens is 1. The number of hydrogen-bond donors (Lipinski definition) is 1. The van der Waals surface area contributed by atoms with E-state index < -0.39 is 0 Å². The molecule has 1 saturated carbocycles. The van der Waals surface area contributed by atoms with Gasteiger partial charge in [0, 0.05) is 17.2 Å². The molecule has 2 aliphatic rings. The first kappa shape index (κ1) is 9.79. The quantitative estimate of drug-likeness (QED) is 0.850. The summed E-state index contributed by atoms with van der Waals surface area (Å²) in [5.41, 5.74) is 1.42. The Morgan fingerprint density at radius 1 is 1.40 bits per heavy atom. The first-order valence-electron chi connectivity index (χ1n) is 6.00. The molecule has 0 unspecified atom stereocenters. The molecule has 1 aromatic heterocycles. The molecule has 0 amide bonds. The summed E-state index contributed by atoms with van der Waals surface area (Å²) in [6.45, 7) is 4.63. The average Bonchev–Trinajstić information content (AvgIpc) is 2.38. The minimum Gasteiger partial charge on any atom is -0.316 e. The molecule has 2 fully saturated rings. The summed E-state index contributed by atoms with van der Waals surface area (Å²) in [4.78, 5) is 6.32. The molecule has 1 saturated heterocycles. The highest BCUT2D eigenvalue weighted by molar-refractivity contribution is 7.11. The maximum absolute atomic E-state index is 4.84. The van der Waals surface area contributed by atoms with Crippen LogP contribution in [0.5, 0.6) is 0 Å². The van der Waals surface area contributed by atoms with Crippen LogP contribution in [0, 0.1) is 12.8 Å². The second-order valence-electron chi connectivity index (χ2n) is 4.91. The Hall–Kier alpha value is -0.410. The van der Waals surface area contributed by atoms with Gasteiger partial charge in [0.1, 0.15) is 0 Å². The van der Waals surface area contributed by atoms with Gasteiger partial charge in [0.25, 0.3) is 0 Å². The van der Waals surface area contributed by atoms with E-state index in [1.165, 1.54) is 54.4 Å². The third-order valence-electron chi connectivity index (χ3n) is 3.70. The van der Waals surface area contributed by atoms with Crippen molar-refractivity contribution < 1.29 is 0 Å². The van der Waals surface area contributed by atoms with Crippen LogP contribution in [0.3, 0.4) is 0 Å². The maximum Gasteiger partial charge on any atom is 0.0934 e. The molecular formula is C12H18N2S. The zero-order valence-electron chi connectivity index (χ0n) is 9.25. The van der Waals surface area contributed by atoms with E-state index in [-0.39, 0.29) is 0 Å². The number of thiazole rings is 1. The topological polar surface area (TPSA) is 24.9 Å². The van der Waals surface area contributed by atoms with E-state index >= 15 is 0 Å². The Kier molecular flexibility index (Phi) is 2.53. The van der Waals surface area contributed by atoms with Gasteiger partial charge in [-0.25, -0.2) is 4.98 Å². The molecule has 0 atom stereocenters. The molecule has 2 nitrogen and oxygen atoms in total. The second-order valence-corrected chi connectivity index (χ2v) is 6.19. The van der Waals surface area contributed by atoms with Crippen molar-refractivity contribution in [1.82, 2.24) is 10.3 Å². The fourth-order valence-electron chi connectivity index (χ4n) is 2.35. The van der Waals surface area contributed by atoms with Crippen LogP contribution in [0.4, 0.5) is 0 Å². The second kappa shape index (κ2) is 3.87. The van der Waals surface area contributed by atoms with E-state index in [0.29, 0.717) is 0 Å². The van der Waals surface area contributed by atoms with E-state index in [9.17, 15) is 0 Å². The van der Waals surface area contributed by atoms with Crippen LogP contribution in [0.15, 0.2) is 0 Å². The molecule has 1 N–H and O–H groups in total. The molecule has 1 aliphatic carbocycles. The SMILES string of the molecule is Cc1sc(CC2CNC2)nc1C1CCC1. The van der Waals surface area contributed by atoms with Crippen LogP contribution in [-0.2, 0) is 6.42 Å². The van der Waals surface area contributed by atoms with Crippen LogP contribution in [0.25, 0.3) is 0 Å². The highest BCUT2D eigenvalue weighted by atomic mass is 32.1. The number of rotatable bonds is 3. The van der Waals surface area contributed by atoms with Crippen LogP contribution < -0.4 is 5.32 Å². The van der Waals surface area contributed by atoms with E-state index in [1.807, 2.05) is 11.3 Å². The Balaban J connectivity index is 1.72. The lowest BCUT2D eigenvalue weighted by atomic mass is 9.82. The molecule has 82 valence electrons. The fourth-order valence-corrected chi connectivity index (χ4v) is 3.49. The van der Waals surface area contributed by atoms with Gasteiger partial charge in [0.15, 0.2) is 0 Å². The summed E-state index contributed by atoms with van der Waals surface area (Å²) < 4.78 is 0. The van der Waals surface area contributed by atoms with Gasteiger partial charge >= 0.3 is 0 Å². The van der Waals surface area contributed by atoms with Crippen LogP contribution in [0.2, 0.25) is 0 Å². The van der Waals surface area contributed by atoms with Crippen molar-refractivity contribution >= 4 is 11.3 Å². The minimum absolute atomic E-state index is 0.800. The van der Waals surface area contributed by atoms with Crippen molar-refractivity contribution in [2.45, 2.75) is 38.5 Å². The summed E-state index contributed by atoms with van der Waals surface area (Å²) in [5.74, 6) is 1.65. The van der Waals surface area contributed by atoms with Gasteiger partial charge in [-0.2, -0.15) is 0 Å². The summed E-state index contributed by atoms with van der Waals surface area (Å²) in [5, 5.41) is 4.70. The predicted molar refractivity (Wildman–Crippen MR) is 63.5 cm³/mol. The summed E-state index contributed by atoms with van der Waals surface area (Å²) in [7, 11) is 0. The van der Waals surface area contributed by atoms with Gasteiger partial charge in [-0.15, -0.1) is 11.3 Å². The number of hydrogen-bond acceptors (Lipinski definition) is 3. The Bertz CT molecular complexity index is 351. The molecule has 15 heavy (non-hydrogen) atoms. The molecule has 0 aromatic carbocycles. The zero-order valence-corrected chi connectivity index (χ0v) is 10.1. The molecule has 0 radical (unpaired) electrons. The number of nitrogens with zero attached hydrogens (tertiary/aromatic N) is 1. The first-order valence-corrected chi connectivity index (χ1v) is 6.81. The van der Waals surface area contributed by atoms with E-state index in [2.05, 4.69) is 12.2 Å². The lowest BCUT2D eigenvalue weighted by Crippen LogP contribution is -2.43. The van der Waals surface area contributed by atoms with Crippen molar-refractivity contribution in [2.75, 3.05) is 13.1 Å². The molecular weight excluding hydrogens is 204 g/mol. The summed E-state index contributed by atoms with van der Waals surface area (Å²) >= 11 is 1.93. The van der Waals surface area contributed by atoms with Gasteiger partial charge in [0.2, 0.25) is 0 Å². The smallest absolute Gasteiger partial charge is 0.0934 e. The number of nitrogens with one attached hydrogen (secondary N) is 1. The van der Waals surface area contributed by atoms with E-state index in [0.717, 1.165) is 11.8 Å².